The molecule has 0 aliphatic heterocycles. The van der Waals surface area contributed by atoms with Gasteiger partial charge in [-0.1, -0.05) is 182 Å². The number of aliphatic hydroxyl groups excluding tert-OH is 2. The van der Waals surface area contributed by atoms with Gasteiger partial charge in [0.2, 0.25) is 0 Å². The van der Waals surface area contributed by atoms with Gasteiger partial charge in [-0.3, -0.25) is 0 Å². The standard InChI is InChI=1S/C46H44O6/c47-34-43(50,31-35-19-7-1-8-20-35)45(52,33-37-23-11-3-12-24-37)44(51,32-36-21-9-2-10-22-36)41(48)42(49)46(38-25-13-4-14-26-38,39-27-15-5-16-28-39)40-29-17-6-18-30-40/h1-30,34,41-42,48-52H,31-33H2. The summed E-state index contributed by atoms with van der Waals surface area (Å²) in [6.07, 6.45) is -5.06. The topological polar surface area (TPSA) is 118 Å². The zero-order chi connectivity index (χ0) is 36.7. The largest absolute Gasteiger partial charge is 0.389 e. The van der Waals surface area contributed by atoms with Crippen LogP contribution in [0.3, 0.4) is 0 Å². The van der Waals surface area contributed by atoms with E-state index in [1.165, 1.54) is 0 Å². The van der Waals surface area contributed by atoms with Crippen LogP contribution in [0.15, 0.2) is 182 Å². The first kappa shape index (κ1) is 36.6. The summed E-state index contributed by atoms with van der Waals surface area (Å²) in [5, 5.41) is 65.4. The van der Waals surface area contributed by atoms with Crippen molar-refractivity contribution in [2.75, 3.05) is 0 Å². The summed E-state index contributed by atoms with van der Waals surface area (Å²) in [6, 6.07) is 53.9. The van der Waals surface area contributed by atoms with E-state index in [1.807, 2.05) is 91.0 Å². The Kier molecular flexibility index (Phi) is 11.0. The quantitative estimate of drug-likeness (QED) is 0.0680. The van der Waals surface area contributed by atoms with Crippen LogP contribution < -0.4 is 0 Å². The maximum Gasteiger partial charge on any atom is 0.155 e. The fourth-order valence-corrected chi connectivity index (χ4v) is 7.78. The van der Waals surface area contributed by atoms with Crippen LogP contribution >= 0.6 is 0 Å². The zero-order valence-electron chi connectivity index (χ0n) is 28.8. The van der Waals surface area contributed by atoms with E-state index in [9.17, 15) is 30.3 Å². The molecule has 0 amide bonds. The summed E-state index contributed by atoms with van der Waals surface area (Å²) in [7, 11) is 0. The summed E-state index contributed by atoms with van der Waals surface area (Å²) in [5.41, 5.74) is -6.38. The van der Waals surface area contributed by atoms with Crippen LogP contribution in [-0.4, -0.2) is 60.8 Å². The first-order chi connectivity index (χ1) is 25.2. The zero-order valence-corrected chi connectivity index (χ0v) is 28.8. The SMILES string of the molecule is O=CC(O)(Cc1ccccc1)C(O)(Cc1ccccc1)C(O)(Cc1ccccc1)C(O)C(O)C(c1ccccc1)(c1ccccc1)c1ccccc1. The van der Waals surface area contributed by atoms with Crippen molar-refractivity contribution in [3.63, 3.8) is 0 Å². The highest BCUT2D eigenvalue weighted by Gasteiger charge is 2.67. The van der Waals surface area contributed by atoms with Crippen molar-refractivity contribution in [3.8, 4) is 0 Å². The predicted octanol–water partition coefficient (Wildman–Crippen LogP) is 5.86. The van der Waals surface area contributed by atoms with E-state index in [1.54, 1.807) is 91.0 Å². The summed E-state index contributed by atoms with van der Waals surface area (Å²) in [4.78, 5) is 13.4. The Balaban J connectivity index is 1.64. The van der Waals surface area contributed by atoms with Gasteiger partial charge in [-0.25, -0.2) is 0 Å². The Hall–Kier alpha value is -5.21. The van der Waals surface area contributed by atoms with E-state index in [0.717, 1.165) is 0 Å². The van der Waals surface area contributed by atoms with Gasteiger partial charge in [0.1, 0.15) is 23.4 Å². The lowest BCUT2D eigenvalue weighted by molar-refractivity contribution is -0.276. The molecule has 0 fully saturated rings. The molecule has 0 heterocycles. The highest BCUT2D eigenvalue weighted by molar-refractivity contribution is 5.67. The molecule has 0 saturated carbocycles. The van der Waals surface area contributed by atoms with Crippen molar-refractivity contribution >= 4 is 6.29 Å². The van der Waals surface area contributed by atoms with Gasteiger partial charge in [0, 0.05) is 19.3 Å². The van der Waals surface area contributed by atoms with Crippen molar-refractivity contribution in [2.45, 2.75) is 53.7 Å². The molecule has 0 aromatic heterocycles. The Labute approximate surface area is 304 Å². The second kappa shape index (κ2) is 15.6. The second-order valence-corrected chi connectivity index (χ2v) is 13.6. The van der Waals surface area contributed by atoms with Gasteiger partial charge in [0.15, 0.2) is 11.9 Å². The summed E-state index contributed by atoms with van der Waals surface area (Å²) in [5.74, 6) is 0. The van der Waals surface area contributed by atoms with Gasteiger partial charge in [-0.05, 0) is 33.4 Å². The molecule has 5 unspecified atom stereocenters. The van der Waals surface area contributed by atoms with Crippen LogP contribution in [0.1, 0.15) is 33.4 Å². The van der Waals surface area contributed by atoms with E-state index in [-0.39, 0.29) is 12.7 Å². The minimum atomic E-state index is -2.79. The maximum atomic E-state index is 13.5. The molecule has 0 aliphatic rings. The normalized spacial score (nSPS) is 16.4. The van der Waals surface area contributed by atoms with Gasteiger partial charge >= 0.3 is 0 Å². The Morgan fingerprint density at radius 3 is 1.08 bits per heavy atom. The highest BCUT2D eigenvalue weighted by atomic mass is 16.4. The van der Waals surface area contributed by atoms with E-state index < -0.39 is 47.3 Å². The highest BCUT2D eigenvalue weighted by Crippen LogP contribution is 2.49. The van der Waals surface area contributed by atoms with Crippen molar-refractivity contribution in [1.29, 1.82) is 0 Å². The predicted molar refractivity (Wildman–Crippen MR) is 203 cm³/mol. The molecule has 264 valence electrons. The van der Waals surface area contributed by atoms with Crippen molar-refractivity contribution < 1.29 is 30.3 Å². The number of hydrogen-bond acceptors (Lipinski definition) is 6. The van der Waals surface area contributed by atoms with Gasteiger partial charge < -0.3 is 30.3 Å². The molecular formula is C46H44O6. The first-order valence-corrected chi connectivity index (χ1v) is 17.5. The van der Waals surface area contributed by atoms with Crippen molar-refractivity contribution in [2.24, 2.45) is 0 Å². The number of carbonyl (C=O) groups is 1. The average Bonchev–Trinajstić information content (AvgIpc) is 3.20. The monoisotopic (exact) mass is 692 g/mol. The van der Waals surface area contributed by atoms with E-state index in [4.69, 9.17) is 0 Å². The third-order valence-electron chi connectivity index (χ3n) is 10.5. The lowest BCUT2D eigenvalue weighted by atomic mass is 9.57. The molecule has 52 heavy (non-hydrogen) atoms. The Bertz CT molecular complexity index is 1900. The van der Waals surface area contributed by atoms with Crippen LogP contribution in [0, 0.1) is 0 Å². The molecule has 0 bridgehead atoms. The molecule has 6 heteroatoms. The molecule has 6 nitrogen and oxygen atoms in total. The second-order valence-electron chi connectivity index (χ2n) is 13.6. The van der Waals surface area contributed by atoms with Crippen LogP contribution in [0.4, 0.5) is 0 Å². The maximum absolute atomic E-state index is 13.5. The van der Waals surface area contributed by atoms with Crippen molar-refractivity contribution in [3.05, 3.63) is 215 Å². The molecule has 5 N–H and O–H groups in total. The third kappa shape index (κ3) is 6.75. The molecular weight excluding hydrogens is 648 g/mol. The number of benzene rings is 6. The molecule has 0 radical (unpaired) electrons. The average molecular weight is 693 g/mol. The number of aliphatic hydroxyl groups is 5. The van der Waals surface area contributed by atoms with E-state index in [0.29, 0.717) is 33.4 Å². The molecule has 6 rings (SSSR count). The number of rotatable bonds is 15. The lowest BCUT2D eigenvalue weighted by Gasteiger charge is -2.55. The molecule has 0 saturated heterocycles. The molecule has 6 aromatic rings. The molecule has 0 aliphatic carbocycles. The minimum Gasteiger partial charge on any atom is -0.389 e. The molecule has 0 spiro atoms. The lowest BCUT2D eigenvalue weighted by Crippen LogP contribution is -2.77. The smallest absolute Gasteiger partial charge is 0.155 e. The fourth-order valence-electron chi connectivity index (χ4n) is 7.78. The summed E-state index contributed by atoms with van der Waals surface area (Å²) in [6.45, 7) is 0. The van der Waals surface area contributed by atoms with Crippen LogP contribution in [0.5, 0.6) is 0 Å². The van der Waals surface area contributed by atoms with Gasteiger partial charge in [-0.2, -0.15) is 0 Å². The van der Waals surface area contributed by atoms with Crippen LogP contribution in [0.25, 0.3) is 0 Å². The van der Waals surface area contributed by atoms with Gasteiger partial charge in [0.25, 0.3) is 0 Å². The van der Waals surface area contributed by atoms with Gasteiger partial charge in [0.05, 0.1) is 5.41 Å². The van der Waals surface area contributed by atoms with Gasteiger partial charge in [-0.15, -0.1) is 0 Å². The summed E-state index contributed by atoms with van der Waals surface area (Å²) < 4.78 is 0. The van der Waals surface area contributed by atoms with E-state index >= 15 is 0 Å². The third-order valence-corrected chi connectivity index (χ3v) is 10.5. The Morgan fingerprint density at radius 2 is 0.731 bits per heavy atom. The summed E-state index contributed by atoms with van der Waals surface area (Å²) >= 11 is 0. The molecule has 5 atom stereocenters. The Morgan fingerprint density at radius 1 is 0.423 bits per heavy atom. The van der Waals surface area contributed by atoms with Crippen molar-refractivity contribution in [1.82, 2.24) is 0 Å². The number of carbonyl (C=O) groups excluding carboxylic acids is 1. The molecule has 6 aromatic carbocycles. The van der Waals surface area contributed by atoms with E-state index in [2.05, 4.69) is 0 Å². The number of hydrogen-bond donors (Lipinski definition) is 5. The fraction of sp³-hybridized carbons (Fsp3) is 0.196. The number of aldehydes is 1. The first-order valence-electron chi connectivity index (χ1n) is 17.5. The minimum absolute atomic E-state index is 0.247. The van der Waals surface area contributed by atoms with Crippen LogP contribution in [-0.2, 0) is 29.5 Å². The van der Waals surface area contributed by atoms with Crippen LogP contribution in [0.2, 0.25) is 0 Å².